The van der Waals surface area contributed by atoms with Gasteiger partial charge in [-0.1, -0.05) is 24.6 Å². The van der Waals surface area contributed by atoms with Crippen LogP contribution in [0.3, 0.4) is 0 Å². The third-order valence-electron chi connectivity index (χ3n) is 3.73. The maximum atomic E-state index is 11.2. The highest BCUT2D eigenvalue weighted by Crippen LogP contribution is 2.28. The summed E-state index contributed by atoms with van der Waals surface area (Å²) in [6.07, 6.45) is 2.10. The average Bonchev–Trinajstić information content (AvgIpc) is 2.88. The first-order valence-electron chi connectivity index (χ1n) is 7.61. The van der Waals surface area contributed by atoms with Crippen LogP contribution in [0.4, 0.5) is 5.69 Å². The molecule has 1 atom stereocenters. The molecule has 1 fully saturated rings. The molecule has 21 heavy (non-hydrogen) atoms. The van der Waals surface area contributed by atoms with Gasteiger partial charge in [0.15, 0.2) is 0 Å². The molecule has 1 saturated heterocycles. The number of amides is 1. The summed E-state index contributed by atoms with van der Waals surface area (Å²) < 4.78 is 0. The second kappa shape index (κ2) is 7.66. The van der Waals surface area contributed by atoms with Crippen LogP contribution in [0.1, 0.15) is 32.3 Å². The zero-order valence-electron chi connectivity index (χ0n) is 12.8. The molecule has 0 aliphatic carbocycles. The first kappa shape index (κ1) is 16.1. The highest BCUT2D eigenvalue weighted by Gasteiger charge is 2.24. The van der Waals surface area contributed by atoms with E-state index in [-0.39, 0.29) is 11.9 Å². The first-order chi connectivity index (χ1) is 10.1. The Morgan fingerprint density at radius 2 is 2.29 bits per heavy atom. The number of carbonyl (C=O) groups excluding carboxylic acids is 1. The van der Waals surface area contributed by atoms with Crippen molar-refractivity contribution in [2.24, 2.45) is 0 Å². The van der Waals surface area contributed by atoms with E-state index in [0.717, 1.165) is 44.0 Å². The lowest BCUT2D eigenvalue weighted by Gasteiger charge is -2.23. The van der Waals surface area contributed by atoms with Crippen molar-refractivity contribution in [1.82, 2.24) is 10.6 Å². The van der Waals surface area contributed by atoms with Crippen LogP contribution in [0.15, 0.2) is 18.2 Å². The Morgan fingerprint density at radius 3 is 3.00 bits per heavy atom. The predicted octanol–water partition coefficient (Wildman–Crippen LogP) is 2.55. The zero-order chi connectivity index (χ0) is 15.2. The van der Waals surface area contributed by atoms with Gasteiger partial charge in [0, 0.05) is 43.3 Å². The number of anilines is 1. The number of rotatable bonds is 6. The molecule has 2 rings (SSSR count). The van der Waals surface area contributed by atoms with Crippen molar-refractivity contribution in [2.45, 2.75) is 39.3 Å². The quantitative estimate of drug-likeness (QED) is 0.794. The molecule has 0 radical (unpaired) electrons. The van der Waals surface area contributed by atoms with Crippen LogP contribution in [-0.2, 0) is 11.3 Å². The molecule has 5 heteroatoms. The van der Waals surface area contributed by atoms with Gasteiger partial charge in [-0.25, -0.2) is 0 Å². The first-order valence-corrected chi connectivity index (χ1v) is 7.99. The summed E-state index contributed by atoms with van der Waals surface area (Å²) in [5.74, 6) is 0.0396. The molecular weight excluding hydrogens is 286 g/mol. The number of hydrogen-bond donors (Lipinski definition) is 2. The van der Waals surface area contributed by atoms with E-state index in [0.29, 0.717) is 0 Å². The van der Waals surface area contributed by atoms with Crippen molar-refractivity contribution in [1.29, 1.82) is 0 Å². The highest BCUT2D eigenvalue weighted by atomic mass is 35.5. The van der Waals surface area contributed by atoms with Crippen molar-refractivity contribution in [2.75, 3.05) is 24.5 Å². The summed E-state index contributed by atoms with van der Waals surface area (Å²) in [6.45, 7) is 7.39. The van der Waals surface area contributed by atoms with Gasteiger partial charge < -0.3 is 15.5 Å². The van der Waals surface area contributed by atoms with E-state index in [1.807, 2.05) is 12.1 Å². The van der Waals surface area contributed by atoms with E-state index >= 15 is 0 Å². The zero-order valence-corrected chi connectivity index (χ0v) is 13.5. The third kappa shape index (κ3) is 4.61. The van der Waals surface area contributed by atoms with Crippen molar-refractivity contribution in [3.63, 3.8) is 0 Å². The standard InChI is InChI=1S/C16H24ClN3O/c1-3-7-18-10-13-4-5-14(17)9-16(13)20-8-6-15(11-20)19-12(2)21/h4-5,9,15,18H,3,6-8,10-11H2,1-2H3,(H,19,21). The maximum Gasteiger partial charge on any atom is 0.217 e. The number of nitrogens with one attached hydrogen (secondary N) is 2. The molecule has 1 unspecified atom stereocenters. The van der Waals surface area contributed by atoms with Gasteiger partial charge in [-0.2, -0.15) is 0 Å². The molecule has 0 spiro atoms. The molecule has 0 bridgehead atoms. The molecule has 1 aromatic rings. The number of nitrogens with zero attached hydrogens (tertiary/aromatic N) is 1. The van der Waals surface area contributed by atoms with Gasteiger partial charge in [0.05, 0.1) is 0 Å². The largest absolute Gasteiger partial charge is 0.369 e. The number of benzene rings is 1. The van der Waals surface area contributed by atoms with Crippen molar-refractivity contribution in [3.8, 4) is 0 Å². The average molecular weight is 310 g/mol. The lowest BCUT2D eigenvalue weighted by Crippen LogP contribution is -2.35. The molecule has 0 aromatic heterocycles. The summed E-state index contributed by atoms with van der Waals surface area (Å²) in [6, 6.07) is 6.29. The summed E-state index contributed by atoms with van der Waals surface area (Å²) in [5.41, 5.74) is 2.44. The topological polar surface area (TPSA) is 44.4 Å². The van der Waals surface area contributed by atoms with Crippen LogP contribution in [0.25, 0.3) is 0 Å². The Kier molecular flexibility index (Phi) is 5.88. The molecule has 1 amide bonds. The lowest BCUT2D eigenvalue weighted by atomic mass is 10.1. The predicted molar refractivity (Wildman–Crippen MR) is 87.9 cm³/mol. The summed E-state index contributed by atoms with van der Waals surface area (Å²) >= 11 is 6.16. The molecule has 1 aliphatic heterocycles. The van der Waals surface area contributed by atoms with E-state index in [2.05, 4.69) is 28.5 Å². The van der Waals surface area contributed by atoms with Crippen LogP contribution in [0, 0.1) is 0 Å². The van der Waals surface area contributed by atoms with Gasteiger partial charge in [-0.3, -0.25) is 4.79 Å². The SMILES string of the molecule is CCCNCc1ccc(Cl)cc1N1CCC(NC(C)=O)C1. The molecule has 1 aromatic carbocycles. The van der Waals surface area contributed by atoms with Crippen molar-refractivity contribution >= 4 is 23.2 Å². The summed E-state index contributed by atoms with van der Waals surface area (Å²) in [4.78, 5) is 13.5. The minimum atomic E-state index is 0.0396. The minimum absolute atomic E-state index is 0.0396. The normalized spacial score (nSPS) is 18.0. The molecule has 1 heterocycles. The Bertz CT molecular complexity index is 492. The van der Waals surface area contributed by atoms with Crippen LogP contribution in [0.2, 0.25) is 5.02 Å². The number of halogens is 1. The maximum absolute atomic E-state index is 11.2. The van der Waals surface area contributed by atoms with Crippen LogP contribution < -0.4 is 15.5 Å². The van der Waals surface area contributed by atoms with E-state index in [9.17, 15) is 4.79 Å². The van der Waals surface area contributed by atoms with Crippen LogP contribution in [0.5, 0.6) is 0 Å². The third-order valence-corrected chi connectivity index (χ3v) is 3.96. The van der Waals surface area contributed by atoms with E-state index in [4.69, 9.17) is 11.6 Å². The molecule has 2 N–H and O–H groups in total. The van der Waals surface area contributed by atoms with Crippen molar-refractivity contribution in [3.05, 3.63) is 28.8 Å². The fourth-order valence-electron chi connectivity index (χ4n) is 2.77. The summed E-state index contributed by atoms with van der Waals surface area (Å²) in [5, 5.41) is 7.19. The highest BCUT2D eigenvalue weighted by molar-refractivity contribution is 6.30. The Balaban J connectivity index is 2.07. The Hall–Kier alpha value is -1.26. The van der Waals surface area contributed by atoms with Crippen LogP contribution >= 0.6 is 11.6 Å². The minimum Gasteiger partial charge on any atom is -0.369 e. The van der Waals surface area contributed by atoms with Crippen molar-refractivity contribution < 1.29 is 4.79 Å². The lowest BCUT2D eigenvalue weighted by molar-refractivity contribution is -0.119. The Labute approximate surface area is 131 Å². The molecule has 0 saturated carbocycles. The van der Waals surface area contributed by atoms with Gasteiger partial charge in [0.1, 0.15) is 0 Å². The van der Waals surface area contributed by atoms with Gasteiger partial charge in [-0.05, 0) is 37.1 Å². The smallest absolute Gasteiger partial charge is 0.217 e. The molecule has 1 aliphatic rings. The fourth-order valence-corrected chi connectivity index (χ4v) is 2.93. The second-order valence-electron chi connectivity index (χ2n) is 5.58. The molecule has 4 nitrogen and oxygen atoms in total. The van der Waals surface area contributed by atoms with E-state index in [1.165, 1.54) is 11.3 Å². The van der Waals surface area contributed by atoms with Crippen LogP contribution in [-0.4, -0.2) is 31.6 Å². The number of carbonyl (C=O) groups is 1. The van der Waals surface area contributed by atoms with Gasteiger partial charge in [0.2, 0.25) is 5.91 Å². The Morgan fingerprint density at radius 1 is 1.48 bits per heavy atom. The number of hydrogen-bond acceptors (Lipinski definition) is 3. The van der Waals surface area contributed by atoms with Gasteiger partial charge in [0.25, 0.3) is 0 Å². The van der Waals surface area contributed by atoms with Gasteiger partial charge in [-0.15, -0.1) is 0 Å². The van der Waals surface area contributed by atoms with Gasteiger partial charge >= 0.3 is 0 Å². The van der Waals surface area contributed by atoms with E-state index < -0.39 is 0 Å². The molecular formula is C16H24ClN3O. The van der Waals surface area contributed by atoms with E-state index in [1.54, 1.807) is 6.92 Å². The summed E-state index contributed by atoms with van der Waals surface area (Å²) in [7, 11) is 0. The second-order valence-corrected chi connectivity index (χ2v) is 6.02. The monoisotopic (exact) mass is 309 g/mol. The fraction of sp³-hybridized carbons (Fsp3) is 0.562. The molecule has 116 valence electrons.